The minimum absolute atomic E-state index is 0.102. The molecule has 0 saturated heterocycles. The van der Waals surface area contributed by atoms with Gasteiger partial charge < -0.3 is 5.32 Å². The van der Waals surface area contributed by atoms with E-state index in [1.165, 1.54) is 6.20 Å². The number of halogens is 4. The van der Waals surface area contributed by atoms with Crippen LogP contribution in [-0.4, -0.2) is 23.5 Å². The molecule has 0 saturated carbocycles. The number of nitrogens with one attached hydrogen (secondary N) is 1. The van der Waals surface area contributed by atoms with Gasteiger partial charge in [0.2, 0.25) is 0 Å². The van der Waals surface area contributed by atoms with Crippen LogP contribution in [-0.2, 0) is 6.18 Å². The fourth-order valence-electron chi connectivity index (χ4n) is 1.37. The SMILES string of the molecule is CSCCCCNc1ncc(Br)cc1C(F)(F)F. The first-order valence-corrected chi connectivity index (χ1v) is 7.59. The van der Waals surface area contributed by atoms with E-state index in [0.29, 0.717) is 11.0 Å². The molecule has 1 N–H and O–H groups in total. The Hall–Kier alpha value is -0.430. The smallest absolute Gasteiger partial charge is 0.370 e. The van der Waals surface area contributed by atoms with Crippen LogP contribution in [0.4, 0.5) is 19.0 Å². The molecule has 102 valence electrons. The van der Waals surface area contributed by atoms with Crippen molar-refractivity contribution in [3.63, 3.8) is 0 Å². The highest BCUT2D eigenvalue weighted by Gasteiger charge is 2.34. The lowest BCUT2D eigenvalue weighted by Crippen LogP contribution is -2.13. The molecular formula is C11H14BrF3N2S. The van der Waals surface area contributed by atoms with Crippen molar-refractivity contribution < 1.29 is 13.2 Å². The van der Waals surface area contributed by atoms with Crippen LogP contribution in [0.3, 0.4) is 0 Å². The van der Waals surface area contributed by atoms with Gasteiger partial charge in [-0.05, 0) is 46.8 Å². The fourth-order valence-corrected chi connectivity index (χ4v) is 2.20. The maximum atomic E-state index is 12.8. The standard InChI is InChI=1S/C11H14BrF3N2S/c1-18-5-3-2-4-16-10-9(11(13,14)15)6-8(12)7-17-10/h6-7H,2-5H2,1H3,(H,16,17). The zero-order valence-corrected chi connectivity index (χ0v) is 12.3. The van der Waals surface area contributed by atoms with Gasteiger partial charge in [0.05, 0.1) is 5.56 Å². The molecule has 18 heavy (non-hydrogen) atoms. The Morgan fingerprint density at radius 1 is 1.39 bits per heavy atom. The van der Waals surface area contributed by atoms with Gasteiger partial charge >= 0.3 is 6.18 Å². The molecule has 1 aromatic heterocycles. The number of anilines is 1. The molecular weight excluding hydrogens is 329 g/mol. The molecule has 0 aliphatic carbocycles. The van der Waals surface area contributed by atoms with Crippen LogP contribution in [0.25, 0.3) is 0 Å². The summed E-state index contributed by atoms with van der Waals surface area (Å²) in [6.07, 6.45) is 0.783. The first kappa shape index (κ1) is 15.6. The van der Waals surface area contributed by atoms with Crippen LogP contribution in [0.1, 0.15) is 18.4 Å². The predicted octanol–water partition coefficient (Wildman–Crippen LogP) is 4.42. The molecule has 0 unspecified atom stereocenters. The number of hydrogen-bond acceptors (Lipinski definition) is 3. The van der Waals surface area contributed by atoms with Gasteiger partial charge in [-0.3, -0.25) is 0 Å². The Bertz CT molecular complexity index is 385. The van der Waals surface area contributed by atoms with E-state index in [-0.39, 0.29) is 5.82 Å². The Labute approximate surface area is 117 Å². The number of alkyl halides is 3. The van der Waals surface area contributed by atoms with Gasteiger partial charge in [-0.15, -0.1) is 0 Å². The van der Waals surface area contributed by atoms with Gasteiger partial charge in [0, 0.05) is 17.2 Å². The number of hydrogen-bond donors (Lipinski definition) is 1. The lowest BCUT2D eigenvalue weighted by atomic mass is 10.2. The summed E-state index contributed by atoms with van der Waals surface area (Å²) in [5.74, 6) is 0.913. The number of thioether (sulfide) groups is 1. The van der Waals surface area contributed by atoms with E-state index in [4.69, 9.17) is 0 Å². The monoisotopic (exact) mass is 342 g/mol. The summed E-state index contributed by atoms with van der Waals surface area (Å²) >= 11 is 4.73. The van der Waals surface area contributed by atoms with Gasteiger partial charge in [-0.1, -0.05) is 0 Å². The van der Waals surface area contributed by atoms with Gasteiger partial charge in [-0.2, -0.15) is 24.9 Å². The second kappa shape index (κ2) is 7.23. The molecule has 0 amide bonds. The van der Waals surface area contributed by atoms with Gasteiger partial charge in [0.15, 0.2) is 0 Å². The number of pyridine rings is 1. The molecule has 0 bridgehead atoms. The average molecular weight is 343 g/mol. The van der Waals surface area contributed by atoms with Crippen LogP contribution >= 0.6 is 27.7 Å². The Morgan fingerprint density at radius 2 is 2.11 bits per heavy atom. The second-order valence-corrected chi connectivity index (χ2v) is 5.58. The van der Waals surface area contributed by atoms with Gasteiger partial charge in [0.1, 0.15) is 5.82 Å². The summed E-state index contributed by atoms with van der Waals surface area (Å²) < 4.78 is 38.6. The van der Waals surface area contributed by atoms with E-state index >= 15 is 0 Å². The van der Waals surface area contributed by atoms with E-state index in [1.54, 1.807) is 11.8 Å². The van der Waals surface area contributed by atoms with E-state index in [0.717, 1.165) is 24.7 Å². The van der Waals surface area contributed by atoms with Crippen molar-refractivity contribution in [3.8, 4) is 0 Å². The quantitative estimate of drug-likeness (QED) is 0.774. The summed E-state index contributed by atoms with van der Waals surface area (Å²) in [5, 5.41) is 2.74. The van der Waals surface area contributed by atoms with Gasteiger partial charge in [-0.25, -0.2) is 4.98 Å². The third-order valence-electron chi connectivity index (χ3n) is 2.23. The summed E-state index contributed by atoms with van der Waals surface area (Å²) in [7, 11) is 0. The Morgan fingerprint density at radius 3 is 2.72 bits per heavy atom. The second-order valence-electron chi connectivity index (χ2n) is 3.67. The summed E-state index contributed by atoms with van der Waals surface area (Å²) in [5.41, 5.74) is -0.734. The zero-order chi connectivity index (χ0) is 13.6. The van der Waals surface area contributed by atoms with Crippen LogP contribution in [0.5, 0.6) is 0 Å². The van der Waals surface area contributed by atoms with E-state index < -0.39 is 11.7 Å². The van der Waals surface area contributed by atoms with Crippen molar-refractivity contribution in [1.82, 2.24) is 4.98 Å². The highest BCUT2D eigenvalue weighted by atomic mass is 79.9. The maximum Gasteiger partial charge on any atom is 0.419 e. The lowest BCUT2D eigenvalue weighted by molar-refractivity contribution is -0.137. The molecule has 2 nitrogen and oxygen atoms in total. The molecule has 0 aliphatic rings. The highest BCUT2D eigenvalue weighted by Crippen LogP contribution is 2.35. The third kappa shape index (κ3) is 5.06. The van der Waals surface area contributed by atoms with Gasteiger partial charge in [0.25, 0.3) is 0 Å². The van der Waals surface area contributed by atoms with Crippen molar-refractivity contribution in [1.29, 1.82) is 0 Å². The first-order chi connectivity index (χ1) is 8.45. The average Bonchev–Trinajstić information content (AvgIpc) is 2.29. The minimum Gasteiger partial charge on any atom is -0.370 e. The van der Waals surface area contributed by atoms with Crippen LogP contribution in [0.2, 0.25) is 0 Å². The molecule has 0 spiro atoms. The molecule has 0 fully saturated rings. The van der Waals surface area contributed by atoms with Crippen molar-refractivity contribution in [2.75, 3.05) is 23.9 Å². The molecule has 1 heterocycles. The Kier molecular flexibility index (Phi) is 6.28. The van der Waals surface area contributed by atoms with Crippen molar-refractivity contribution in [3.05, 3.63) is 22.3 Å². The van der Waals surface area contributed by atoms with Crippen LogP contribution in [0, 0.1) is 0 Å². The highest BCUT2D eigenvalue weighted by molar-refractivity contribution is 9.10. The van der Waals surface area contributed by atoms with E-state index in [9.17, 15) is 13.2 Å². The minimum atomic E-state index is -4.39. The Balaban J connectivity index is 2.65. The van der Waals surface area contributed by atoms with Crippen LogP contribution in [0.15, 0.2) is 16.7 Å². The number of nitrogens with zero attached hydrogens (tertiary/aromatic N) is 1. The fraction of sp³-hybridized carbons (Fsp3) is 0.545. The lowest BCUT2D eigenvalue weighted by Gasteiger charge is -2.13. The van der Waals surface area contributed by atoms with Crippen LogP contribution < -0.4 is 5.32 Å². The summed E-state index contributed by atoms with van der Waals surface area (Å²) in [4.78, 5) is 3.78. The number of rotatable bonds is 6. The predicted molar refractivity (Wildman–Crippen MR) is 73.0 cm³/mol. The topological polar surface area (TPSA) is 24.9 Å². The molecule has 7 heteroatoms. The van der Waals surface area contributed by atoms with E-state index in [1.807, 2.05) is 6.26 Å². The first-order valence-electron chi connectivity index (χ1n) is 5.40. The molecule has 1 aromatic rings. The molecule has 0 aromatic carbocycles. The third-order valence-corrected chi connectivity index (χ3v) is 3.36. The molecule has 0 aliphatic heterocycles. The molecule has 0 atom stereocenters. The summed E-state index contributed by atoms with van der Waals surface area (Å²) in [6.45, 7) is 0.498. The van der Waals surface area contributed by atoms with Crippen molar-refractivity contribution >= 4 is 33.5 Å². The molecule has 0 radical (unpaired) electrons. The zero-order valence-electron chi connectivity index (χ0n) is 9.85. The van der Waals surface area contributed by atoms with Crippen molar-refractivity contribution in [2.24, 2.45) is 0 Å². The number of aromatic nitrogens is 1. The largest absolute Gasteiger partial charge is 0.419 e. The normalized spacial score (nSPS) is 11.6. The van der Waals surface area contributed by atoms with Crippen molar-refractivity contribution in [2.45, 2.75) is 19.0 Å². The van der Waals surface area contributed by atoms with E-state index in [2.05, 4.69) is 26.2 Å². The molecule has 1 rings (SSSR count). The maximum absolute atomic E-state index is 12.8. The number of unbranched alkanes of at least 4 members (excludes halogenated alkanes) is 1. The summed E-state index contributed by atoms with van der Waals surface area (Å²) in [6, 6.07) is 1.04.